The zero-order valence-corrected chi connectivity index (χ0v) is 10.5. The van der Waals surface area contributed by atoms with Crippen molar-refractivity contribution in [2.75, 3.05) is 18.9 Å². The molecule has 1 saturated heterocycles. The first kappa shape index (κ1) is 12.3. The second kappa shape index (κ2) is 4.64. The Hall–Kier alpha value is -1.11. The fourth-order valence-corrected chi connectivity index (χ4v) is 3.19. The Morgan fingerprint density at radius 3 is 2.82 bits per heavy atom. The first-order valence-corrected chi connectivity index (χ1v) is 6.93. The van der Waals surface area contributed by atoms with E-state index in [-0.39, 0.29) is 16.6 Å². The molecule has 94 valence electrons. The predicted octanol–water partition coefficient (Wildman–Crippen LogP) is 0.644. The number of hydrogen-bond donors (Lipinski definition) is 2. The summed E-state index contributed by atoms with van der Waals surface area (Å²) in [5, 5.41) is 0. The monoisotopic (exact) mass is 256 g/mol. The lowest BCUT2D eigenvalue weighted by Crippen LogP contribution is -2.35. The molecule has 5 nitrogen and oxygen atoms in total. The maximum absolute atomic E-state index is 12.1. The Bertz CT molecular complexity index is 507. The summed E-state index contributed by atoms with van der Waals surface area (Å²) in [4.78, 5) is 0.134. The van der Waals surface area contributed by atoms with Crippen LogP contribution in [-0.2, 0) is 14.8 Å². The molecule has 1 heterocycles. The van der Waals surface area contributed by atoms with E-state index in [4.69, 9.17) is 10.5 Å². The van der Waals surface area contributed by atoms with Gasteiger partial charge in [-0.25, -0.2) is 13.1 Å². The second-order valence-electron chi connectivity index (χ2n) is 4.22. The van der Waals surface area contributed by atoms with Crippen LogP contribution in [0.1, 0.15) is 12.0 Å². The lowest BCUT2D eigenvalue weighted by molar-refractivity contribution is 0.192. The number of nitrogens with two attached hydrogens (primary N) is 1. The number of ether oxygens (including phenoxy) is 1. The van der Waals surface area contributed by atoms with Gasteiger partial charge < -0.3 is 10.5 Å². The summed E-state index contributed by atoms with van der Waals surface area (Å²) >= 11 is 0. The molecule has 0 amide bonds. The minimum Gasteiger partial charge on any atom is -0.398 e. The molecular formula is C11H16N2O3S. The minimum absolute atomic E-state index is 0.134. The van der Waals surface area contributed by atoms with Crippen molar-refractivity contribution >= 4 is 15.7 Å². The molecular weight excluding hydrogens is 240 g/mol. The standard InChI is InChI=1S/C11H16N2O3S/c1-8-2-3-11(10(12)6-8)17(14,15)13-9-4-5-16-7-9/h2-3,6,9,13H,4-5,7,12H2,1H3. The summed E-state index contributed by atoms with van der Waals surface area (Å²) in [6.07, 6.45) is 0.699. The van der Waals surface area contributed by atoms with Crippen LogP contribution in [0.25, 0.3) is 0 Å². The van der Waals surface area contributed by atoms with Gasteiger partial charge >= 0.3 is 0 Å². The highest BCUT2D eigenvalue weighted by Crippen LogP contribution is 2.20. The molecule has 1 fully saturated rings. The molecule has 0 radical (unpaired) electrons. The van der Waals surface area contributed by atoms with E-state index in [2.05, 4.69) is 4.72 Å². The minimum atomic E-state index is -3.55. The number of nitrogens with one attached hydrogen (secondary N) is 1. The number of rotatable bonds is 3. The highest BCUT2D eigenvalue weighted by atomic mass is 32.2. The number of sulfonamides is 1. The molecule has 0 spiro atoms. The number of aryl methyl sites for hydroxylation is 1. The van der Waals surface area contributed by atoms with Crippen molar-refractivity contribution in [2.24, 2.45) is 0 Å². The van der Waals surface area contributed by atoms with Crippen molar-refractivity contribution in [1.82, 2.24) is 4.72 Å². The summed E-state index contributed by atoms with van der Waals surface area (Å²) in [5.41, 5.74) is 6.94. The molecule has 1 unspecified atom stereocenters. The van der Waals surface area contributed by atoms with Gasteiger partial charge in [-0.3, -0.25) is 0 Å². The maximum atomic E-state index is 12.1. The molecule has 6 heteroatoms. The van der Waals surface area contributed by atoms with Gasteiger partial charge in [0.2, 0.25) is 10.0 Å². The molecule has 3 N–H and O–H groups in total. The predicted molar refractivity (Wildman–Crippen MR) is 65.1 cm³/mol. The van der Waals surface area contributed by atoms with Gasteiger partial charge in [0.1, 0.15) is 4.90 Å². The zero-order chi connectivity index (χ0) is 12.5. The topological polar surface area (TPSA) is 81.4 Å². The van der Waals surface area contributed by atoms with E-state index in [9.17, 15) is 8.42 Å². The molecule has 2 rings (SSSR count). The third kappa shape index (κ3) is 2.77. The highest BCUT2D eigenvalue weighted by Gasteiger charge is 2.24. The maximum Gasteiger partial charge on any atom is 0.242 e. The Morgan fingerprint density at radius 1 is 1.47 bits per heavy atom. The van der Waals surface area contributed by atoms with Crippen LogP contribution in [0, 0.1) is 6.92 Å². The first-order valence-electron chi connectivity index (χ1n) is 5.45. The van der Waals surface area contributed by atoms with Gasteiger partial charge in [0.15, 0.2) is 0 Å². The van der Waals surface area contributed by atoms with Crippen molar-refractivity contribution in [3.8, 4) is 0 Å². The van der Waals surface area contributed by atoms with Gasteiger partial charge in [-0.15, -0.1) is 0 Å². The molecule has 0 bridgehead atoms. The SMILES string of the molecule is Cc1ccc(S(=O)(=O)NC2CCOC2)c(N)c1. The Labute approximate surface area is 101 Å². The lowest BCUT2D eigenvalue weighted by Gasteiger charge is -2.13. The van der Waals surface area contributed by atoms with E-state index in [1.165, 1.54) is 6.07 Å². The summed E-state index contributed by atoms with van der Waals surface area (Å²) < 4.78 is 31.9. The molecule has 0 aromatic heterocycles. The fraction of sp³-hybridized carbons (Fsp3) is 0.455. The molecule has 1 atom stereocenters. The van der Waals surface area contributed by atoms with Crippen LogP contribution < -0.4 is 10.5 Å². The van der Waals surface area contributed by atoms with Crippen LogP contribution in [0.15, 0.2) is 23.1 Å². The first-order chi connectivity index (χ1) is 7.99. The van der Waals surface area contributed by atoms with Crippen molar-refractivity contribution in [1.29, 1.82) is 0 Å². The molecule has 0 aliphatic carbocycles. The Kier molecular flexibility index (Phi) is 3.37. The normalized spacial score (nSPS) is 20.6. The molecule has 1 aromatic carbocycles. The van der Waals surface area contributed by atoms with E-state index in [0.717, 1.165) is 5.56 Å². The van der Waals surface area contributed by atoms with Crippen LogP contribution >= 0.6 is 0 Å². The lowest BCUT2D eigenvalue weighted by atomic mass is 10.2. The highest BCUT2D eigenvalue weighted by molar-refractivity contribution is 7.89. The van der Waals surface area contributed by atoms with E-state index >= 15 is 0 Å². The van der Waals surface area contributed by atoms with Gasteiger partial charge in [-0.05, 0) is 31.0 Å². The van der Waals surface area contributed by atoms with Gasteiger partial charge in [-0.2, -0.15) is 0 Å². The molecule has 1 aromatic rings. The van der Waals surface area contributed by atoms with E-state index in [1.54, 1.807) is 12.1 Å². The van der Waals surface area contributed by atoms with E-state index in [1.807, 2.05) is 6.92 Å². The van der Waals surface area contributed by atoms with Crippen LogP contribution in [0.3, 0.4) is 0 Å². The molecule has 0 saturated carbocycles. The van der Waals surface area contributed by atoms with Gasteiger partial charge in [0, 0.05) is 12.6 Å². The summed E-state index contributed by atoms with van der Waals surface area (Å²) in [7, 11) is -3.55. The smallest absolute Gasteiger partial charge is 0.242 e. The van der Waals surface area contributed by atoms with E-state index in [0.29, 0.717) is 19.6 Å². The Balaban J connectivity index is 2.24. The van der Waals surface area contributed by atoms with Crippen LogP contribution in [0.2, 0.25) is 0 Å². The molecule has 1 aliphatic rings. The van der Waals surface area contributed by atoms with Gasteiger partial charge in [0.05, 0.1) is 12.3 Å². The number of nitrogen functional groups attached to an aromatic ring is 1. The van der Waals surface area contributed by atoms with Crippen LogP contribution in [0.4, 0.5) is 5.69 Å². The fourth-order valence-electron chi connectivity index (χ4n) is 1.82. The van der Waals surface area contributed by atoms with E-state index < -0.39 is 10.0 Å². The Morgan fingerprint density at radius 2 is 2.24 bits per heavy atom. The average Bonchev–Trinajstić information content (AvgIpc) is 2.68. The van der Waals surface area contributed by atoms with Gasteiger partial charge in [-0.1, -0.05) is 6.07 Å². The third-order valence-corrected chi connectivity index (χ3v) is 4.30. The zero-order valence-electron chi connectivity index (χ0n) is 9.64. The van der Waals surface area contributed by atoms with Crippen molar-refractivity contribution in [3.63, 3.8) is 0 Å². The second-order valence-corrected chi connectivity index (χ2v) is 5.91. The van der Waals surface area contributed by atoms with Gasteiger partial charge in [0.25, 0.3) is 0 Å². The summed E-state index contributed by atoms with van der Waals surface area (Å²) in [5.74, 6) is 0. The number of anilines is 1. The van der Waals surface area contributed by atoms with Crippen molar-refractivity contribution in [2.45, 2.75) is 24.3 Å². The third-order valence-electron chi connectivity index (χ3n) is 2.71. The number of benzene rings is 1. The number of hydrogen-bond acceptors (Lipinski definition) is 4. The molecule has 17 heavy (non-hydrogen) atoms. The largest absolute Gasteiger partial charge is 0.398 e. The van der Waals surface area contributed by atoms with Crippen LogP contribution in [0.5, 0.6) is 0 Å². The van der Waals surface area contributed by atoms with Crippen LogP contribution in [-0.4, -0.2) is 27.7 Å². The van der Waals surface area contributed by atoms with Crippen molar-refractivity contribution in [3.05, 3.63) is 23.8 Å². The summed E-state index contributed by atoms with van der Waals surface area (Å²) in [6, 6.07) is 4.76. The quantitative estimate of drug-likeness (QED) is 0.778. The molecule has 1 aliphatic heterocycles. The summed E-state index contributed by atoms with van der Waals surface area (Å²) in [6.45, 7) is 2.88. The average molecular weight is 256 g/mol. The van der Waals surface area contributed by atoms with Crippen molar-refractivity contribution < 1.29 is 13.2 Å².